The van der Waals surface area contributed by atoms with Gasteiger partial charge in [-0.25, -0.2) is 9.97 Å². The van der Waals surface area contributed by atoms with E-state index < -0.39 is 0 Å². The van der Waals surface area contributed by atoms with Gasteiger partial charge in [0.15, 0.2) is 0 Å². The first kappa shape index (κ1) is 19.1. The van der Waals surface area contributed by atoms with Gasteiger partial charge in [0.05, 0.1) is 0 Å². The number of ether oxygens (including phenoxy) is 2. The molecular weight excluding hydrogens is 378 g/mol. The summed E-state index contributed by atoms with van der Waals surface area (Å²) in [6, 6.07) is 27.9. The molecule has 0 fully saturated rings. The minimum Gasteiger partial charge on any atom is -0.473 e. The molecule has 6 nitrogen and oxygen atoms in total. The molecule has 0 aliphatic rings. The van der Waals surface area contributed by atoms with Crippen LogP contribution in [0.15, 0.2) is 97.3 Å². The summed E-state index contributed by atoms with van der Waals surface area (Å²) in [7, 11) is 0. The van der Waals surface area contributed by atoms with E-state index in [-0.39, 0.29) is 11.6 Å². The van der Waals surface area contributed by atoms with Gasteiger partial charge in [0, 0.05) is 11.8 Å². The van der Waals surface area contributed by atoms with E-state index in [1.54, 1.807) is 24.3 Å². The van der Waals surface area contributed by atoms with E-state index >= 15 is 0 Å². The Morgan fingerprint density at radius 1 is 0.800 bits per heavy atom. The van der Waals surface area contributed by atoms with Crippen molar-refractivity contribution in [2.75, 3.05) is 5.32 Å². The lowest BCUT2D eigenvalue weighted by Crippen LogP contribution is -2.14. The largest absolute Gasteiger partial charge is 0.473 e. The van der Waals surface area contributed by atoms with Gasteiger partial charge >= 0.3 is 0 Å². The van der Waals surface area contributed by atoms with Crippen molar-refractivity contribution in [1.82, 2.24) is 9.97 Å². The number of aromatic nitrogens is 2. The fourth-order valence-corrected chi connectivity index (χ4v) is 2.70. The lowest BCUT2D eigenvalue weighted by Gasteiger charge is -2.09. The molecule has 30 heavy (non-hydrogen) atoms. The molecular formula is C24H19N3O3. The average molecular weight is 397 g/mol. The summed E-state index contributed by atoms with van der Waals surface area (Å²) in [5.41, 5.74) is 1.86. The maximum absolute atomic E-state index is 12.5. The first-order valence-corrected chi connectivity index (χ1v) is 9.39. The van der Waals surface area contributed by atoms with Crippen LogP contribution in [-0.4, -0.2) is 15.9 Å². The summed E-state index contributed by atoms with van der Waals surface area (Å²) < 4.78 is 11.4. The number of rotatable bonds is 7. The zero-order valence-corrected chi connectivity index (χ0v) is 16.1. The number of hydrogen-bond acceptors (Lipinski definition) is 5. The van der Waals surface area contributed by atoms with E-state index in [1.807, 2.05) is 60.7 Å². The van der Waals surface area contributed by atoms with Crippen molar-refractivity contribution >= 4 is 11.6 Å². The zero-order valence-electron chi connectivity index (χ0n) is 16.1. The van der Waals surface area contributed by atoms with E-state index in [0.29, 0.717) is 23.9 Å². The van der Waals surface area contributed by atoms with Crippen molar-refractivity contribution in [2.24, 2.45) is 0 Å². The van der Waals surface area contributed by atoms with Gasteiger partial charge in [0.25, 0.3) is 5.91 Å². The molecule has 0 bridgehead atoms. The first-order chi connectivity index (χ1) is 14.8. The normalized spacial score (nSPS) is 10.3. The van der Waals surface area contributed by atoms with Gasteiger partial charge in [-0.15, -0.1) is 0 Å². The highest BCUT2D eigenvalue weighted by atomic mass is 16.5. The van der Waals surface area contributed by atoms with Gasteiger partial charge in [0.2, 0.25) is 5.88 Å². The van der Waals surface area contributed by atoms with E-state index in [1.165, 1.54) is 12.4 Å². The number of nitrogens with one attached hydrogen (secondary N) is 1. The number of benzene rings is 3. The molecule has 6 heteroatoms. The molecule has 0 aliphatic carbocycles. The van der Waals surface area contributed by atoms with Crippen molar-refractivity contribution in [3.8, 4) is 17.4 Å². The van der Waals surface area contributed by atoms with Crippen LogP contribution in [0.5, 0.6) is 17.4 Å². The Morgan fingerprint density at radius 3 is 2.20 bits per heavy atom. The van der Waals surface area contributed by atoms with Gasteiger partial charge in [0.1, 0.15) is 30.1 Å². The quantitative estimate of drug-likeness (QED) is 0.470. The number of carbonyl (C=O) groups excluding carboxylic acids is 1. The van der Waals surface area contributed by atoms with Crippen molar-refractivity contribution in [2.45, 2.75) is 6.61 Å². The fraction of sp³-hybridized carbons (Fsp3) is 0.0417. The minimum atomic E-state index is -0.348. The summed E-state index contributed by atoms with van der Waals surface area (Å²) in [5, 5.41) is 2.81. The Labute approximate surface area is 174 Å². The zero-order chi connectivity index (χ0) is 20.6. The Bertz CT molecular complexity index is 1100. The predicted octanol–water partition coefficient (Wildman–Crippen LogP) is 5.10. The second-order valence-corrected chi connectivity index (χ2v) is 6.41. The molecule has 1 N–H and O–H groups in total. The highest BCUT2D eigenvalue weighted by molar-refractivity contribution is 6.02. The van der Waals surface area contributed by atoms with Crippen LogP contribution in [0.1, 0.15) is 16.1 Å². The maximum Gasteiger partial charge on any atom is 0.274 e. The molecule has 1 amide bonds. The number of carbonyl (C=O) groups is 1. The van der Waals surface area contributed by atoms with Crippen LogP contribution in [0.25, 0.3) is 0 Å². The monoisotopic (exact) mass is 397 g/mol. The summed E-state index contributed by atoms with van der Waals surface area (Å²) in [6.45, 7) is 0.363. The van der Waals surface area contributed by atoms with Gasteiger partial charge in [-0.1, -0.05) is 48.5 Å². The summed E-state index contributed by atoms with van der Waals surface area (Å²) >= 11 is 0. The van der Waals surface area contributed by atoms with Gasteiger partial charge < -0.3 is 14.8 Å². The number of anilines is 1. The van der Waals surface area contributed by atoms with Crippen LogP contribution in [0.4, 0.5) is 5.69 Å². The number of amides is 1. The van der Waals surface area contributed by atoms with E-state index in [2.05, 4.69) is 15.3 Å². The number of hydrogen-bond donors (Lipinski definition) is 1. The highest BCUT2D eigenvalue weighted by Gasteiger charge is 2.10. The maximum atomic E-state index is 12.5. The molecule has 1 heterocycles. The summed E-state index contributed by atoms with van der Waals surface area (Å²) in [6.07, 6.45) is 1.31. The third kappa shape index (κ3) is 5.20. The van der Waals surface area contributed by atoms with Crippen molar-refractivity contribution in [1.29, 1.82) is 0 Å². The summed E-state index contributed by atoms with van der Waals surface area (Å²) in [5.74, 6) is 1.42. The van der Waals surface area contributed by atoms with Gasteiger partial charge in [-0.2, -0.15) is 0 Å². The molecule has 0 saturated heterocycles. The lowest BCUT2D eigenvalue weighted by atomic mass is 10.2. The van der Waals surface area contributed by atoms with Crippen molar-refractivity contribution in [3.63, 3.8) is 0 Å². The topological polar surface area (TPSA) is 73.3 Å². The molecule has 4 rings (SSSR count). The van der Waals surface area contributed by atoms with Gasteiger partial charge in [-0.3, -0.25) is 4.79 Å². The molecule has 0 aliphatic heterocycles. The number of para-hydroxylation sites is 1. The third-order valence-electron chi connectivity index (χ3n) is 4.20. The first-order valence-electron chi connectivity index (χ1n) is 9.39. The molecule has 0 radical (unpaired) electrons. The molecule has 0 unspecified atom stereocenters. The average Bonchev–Trinajstić information content (AvgIpc) is 2.80. The Morgan fingerprint density at radius 2 is 1.47 bits per heavy atom. The smallest absolute Gasteiger partial charge is 0.274 e. The molecule has 0 saturated carbocycles. The van der Waals surface area contributed by atoms with Gasteiger partial charge in [-0.05, 0) is 42.0 Å². The molecule has 3 aromatic carbocycles. The van der Waals surface area contributed by atoms with E-state index in [0.717, 1.165) is 11.3 Å². The highest BCUT2D eigenvalue weighted by Crippen LogP contribution is 2.23. The number of nitrogens with zero attached hydrogens (tertiary/aromatic N) is 2. The molecule has 1 aromatic heterocycles. The summed E-state index contributed by atoms with van der Waals surface area (Å²) in [4.78, 5) is 20.6. The van der Waals surface area contributed by atoms with Crippen molar-refractivity contribution in [3.05, 3.63) is 109 Å². The molecule has 148 valence electrons. The van der Waals surface area contributed by atoms with Crippen LogP contribution in [0, 0.1) is 0 Å². The Hall–Kier alpha value is -4.19. The fourth-order valence-electron chi connectivity index (χ4n) is 2.70. The second-order valence-electron chi connectivity index (χ2n) is 6.41. The second kappa shape index (κ2) is 9.34. The molecule has 0 atom stereocenters. The SMILES string of the molecule is O=C(Nc1ccc(Oc2ccccc2)cc1)c1cc(OCc2ccccc2)ncn1. The lowest BCUT2D eigenvalue weighted by molar-refractivity contribution is 0.102. The standard InChI is InChI=1S/C24H19N3O3/c28-24(22-15-23(26-17-25-22)29-16-18-7-3-1-4-8-18)27-19-11-13-21(14-12-19)30-20-9-5-2-6-10-20/h1-15,17H,16H2,(H,27,28). The molecule has 0 spiro atoms. The van der Waals surface area contributed by atoms with Crippen LogP contribution in [0.2, 0.25) is 0 Å². The minimum absolute atomic E-state index is 0.220. The molecule has 4 aromatic rings. The van der Waals surface area contributed by atoms with E-state index in [9.17, 15) is 4.79 Å². The van der Waals surface area contributed by atoms with E-state index in [4.69, 9.17) is 9.47 Å². The van der Waals surface area contributed by atoms with Crippen LogP contribution >= 0.6 is 0 Å². The Balaban J connectivity index is 1.36. The van der Waals surface area contributed by atoms with Crippen molar-refractivity contribution < 1.29 is 14.3 Å². The predicted molar refractivity (Wildman–Crippen MR) is 114 cm³/mol. The third-order valence-corrected chi connectivity index (χ3v) is 4.20. The van der Waals surface area contributed by atoms with Crippen LogP contribution in [-0.2, 0) is 6.61 Å². The van der Waals surface area contributed by atoms with Crippen LogP contribution < -0.4 is 14.8 Å². The Kier molecular flexibility index (Phi) is 5.96. The van der Waals surface area contributed by atoms with Crippen LogP contribution in [0.3, 0.4) is 0 Å².